The van der Waals surface area contributed by atoms with Crippen molar-refractivity contribution in [1.82, 2.24) is 15.2 Å². The molecule has 1 fully saturated rings. The zero-order valence-corrected chi connectivity index (χ0v) is 23.8. The van der Waals surface area contributed by atoms with Crippen molar-refractivity contribution in [2.45, 2.75) is 4.90 Å². The first-order valence-electron chi connectivity index (χ1n) is 12.0. The second-order valence-corrected chi connectivity index (χ2v) is 11.9. The molecule has 39 heavy (non-hydrogen) atoms. The third kappa shape index (κ3) is 6.98. The van der Waals surface area contributed by atoms with Crippen molar-refractivity contribution >= 4 is 72.3 Å². The van der Waals surface area contributed by atoms with E-state index in [-0.39, 0.29) is 29.0 Å². The summed E-state index contributed by atoms with van der Waals surface area (Å²) >= 11 is 7.33. The number of aromatic nitrogens is 1. The topological polar surface area (TPSA) is 94.6 Å². The molecule has 1 saturated heterocycles. The summed E-state index contributed by atoms with van der Waals surface area (Å²) in [6.45, 7) is 4.27. The number of piperazine rings is 1. The van der Waals surface area contributed by atoms with E-state index in [9.17, 15) is 17.6 Å². The zero-order valence-electron chi connectivity index (χ0n) is 20.6. The molecule has 2 heterocycles. The van der Waals surface area contributed by atoms with Crippen LogP contribution < -0.4 is 14.9 Å². The summed E-state index contributed by atoms with van der Waals surface area (Å²) in [4.78, 5) is 21.7. The molecule has 1 aliphatic rings. The Hall–Kier alpha value is -2.96. The Kier molecular flexibility index (Phi) is 9.29. The first-order chi connectivity index (χ1) is 18.3. The standard InChI is InChI=1S/C26H25ClFN5O3S2.ClH/c27-19-7-9-21(10-8-19)38(35,36)31-20-4-1-3-18(17-20)25(34)29-11-12-32-13-15-33(16-14-32)26-30-24-22(28)5-2-6-23(24)37-26;/h1-10,17,31H,11-16H2,(H,29,34);1H. The molecule has 1 aliphatic heterocycles. The number of thiazole rings is 1. The van der Waals surface area contributed by atoms with E-state index in [4.69, 9.17) is 11.6 Å². The lowest BCUT2D eigenvalue weighted by Gasteiger charge is -2.34. The molecule has 0 bridgehead atoms. The summed E-state index contributed by atoms with van der Waals surface area (Å²) < 4.78 is 42.6. The van der Waals surface area contributed by atoms with Gasteiger partial charge in [-0.25, -0.2) is 17.8 Å². The van der Waals surface area contributed by atoms with Gasteiger partial charge >= 0.3 is 0 Å². The van der Waals surface area contributed by atoms with Crippen LogP contribution in [0.25, 0.3) is 10.2 Å². The van der Waals surface area contributed by atoms with E-state index >= 15 is 0 Å². The van der Waals surface area contributed by atoms with Gasteiger partial charge in [0.1, 0.15) is 11.3 Å². The molecule has 0 unspecified atom stereocenters. The molecule has 13 heteroatoms. The fraction of sp³-hybridized carbons (Fsp3) is 0.231. The van der Waals surface area contributed by atoms with Crippen molar-refractivity contribution in [2.75, 3.05) is 48.9 Å². The van der Waals surface area contributed by atoms with Crippen LogP contribution >= 0.6 is 35.3 Å². The van der Waals surface area contributed by atoms with E-state index in [0.29, 0.717) is 34.9 Å². The molecular weight excluding hydrogens is 584 g/mol. The normalized spacial score (nSPS) is 14.2. The molecule has 0 aliphatic carbocycles. The molecule has 0 radical (unpaired) electrons. The number of hydrogen-bond acceptors (Lipinski definition) is 7. The number of fused-ring (bicyclic) bond motifs is 1. The molecule has 5 rings (SSSR count). The summed E-state index contributed by atoms with van der Waals surface area (Å²) in [5.41, 5.74) is 1.06. The molecule has 2 N–H and O–H groups in total. The highest BCUT2D eigenvalue weighted by molar-refractivity contribution is 7.92. The van der Waals surface area contributed by atoms with Gasteiger partial charge in [0.2, 0.25) is 0 Å². The lowest BCUT2D eigenvalue weighted by molar-refractivity contribution is 0.0948. The fourth-order valence-electron chi connectivity index (χ4n) is 4.18. The van der Waals surface area contributed by atoms with E-state index in [1.807, 2.05) is 6.07 Å². The maximum absolute atomic E-state index is 14.0. The van der Waals surface area contributed by atoms with Gasteiger partial charge in [0.15, 0.2) is 5.13 Å². The maximum Gasteiger partial charge on any atom is 0.261 e. The number of amides is 1. The van der Waals surface area contributed by atoms with Crippen LogP contribution in [0.2, 0.25) is 5.02 Å². The van der Waals surface area contributed by atoms with Crippen LogP contribution in [0.1, 0.15) is 10.4 Å². The summed E-state index contributed by atoms with van der Waals surface area (Å²) in [7, 11) is -3.81. The van der Waals surface area contributed by atoms with Crippen LogP contribution in [-0.2, 0) is 10.0 Å². The second-order valence-electron chi connectivity index (χ2n) is 8.81. The minimum Gasteiger partial charge on any atom is -0.351 e. The number of carbonyl (C=O) groups is 1. The van der Waals surface area contributed by atoms with Gasteiger partial charge in [-0.1, -0.05) is 35.1 Å². The van der Waals surface area contributed by atoms with Gasteiger partial charge in [0.05, 0.1) is 9.60 Å². The minimum absolute atomic E-state index is 0. The molecule has 206 valence electrons. The van der Waals surface area contributed by atoms with Crippen molar-refractivity contribution in [3.8, 4) is 0 Å². The number of nitrogens with one attached hydrogen (secondary N) is 2. The first-order valence-corrected chi connectivity index (χ1v) is 14.7. The maximum atomic E-state index is 14.0. The second kappa shape index (κ2) is 12.5. The Morgan fingerprint density at radius 1 is 1.03 bits per heavy atom. The number of nitrogens with zero attached hydrogens (tertiary/aromatic N) is 3. The van der Waals surface area contributed by atoms with Crippen molar-refractivity contribution < 1.29 is 17.6 Å². The predicted molar refractivity (Wildman–Crippen MR) is 157 cm³/mol. The fourth-order valence-corrected chi connectivity index (χ4v) is 6.39. The van der Waals surface area contributed by atoms with Crippen molar-refractivity contribution in [3.63, 3.8) is 0 Å². The first kappa shape index (κ1) is 29.0. The van der Waals surface area contributed by atoms with Crippen LogP contribution in [-0.4, -0.2) is 63.5 Å². The average molecular weight is 611 g/mol. The van der Waals surface area contributed by atoms with Gasteiger partial charge in [0, 0.05) is 55.5 Å². The van der Waals surface area contributed by atoms with Crippen LogP contribution in [0.3, 0.4) is 0 Å². The van der Waals surface area contributed by atoms with Crippen LogP contribution in [0.5, 0.6) is 0 Å². The van der Waals surface area contributed by atoms with Crippen LogP contribution in [0.4, 0.5) is 15.2 Å². The number of sulfonamides is 1. The zero-order chi connectivity index (χ0) is 26.7. The Morgan fingerprint density at radius 2 is 1.74 bits per heavy atom. The number of hydrogen-bond donors (Lipinski definition) is 2. The lowest BCUT2D eigenvalue weighted by atomic mass is 10.2. The molecule has 0 saturated carbocycles. The largest absolute Gasteiger partial charge is 0.351 e. The van der Waals surface area contributed by atoms with Gasteiger partial charge in [-0.05, 0) is 54.6 Å². The highest BCUT2D eigenvalue weighted by Crippen LogP contribution is 2.30. The van der Waals surface area contributed by atoms with E-state index in [0.717, 1.165) is 36.0 Å². The van der Waals surface area contributed by atoms with Gasteiger partial charge < -0.3 is 10.2 Å². The van der Waals surface area contributed by atoms with Gasteiger partial charge in [-0.15, -0.1) is 12.4 Å². The lowest BCUT2D eigenvalue weighted by Crippen LogP contribution is -2.48. The molecule has 0 spiro atoms. The van der Waals surface area contributed by atoms with Crippen molar-refractivity contribution in [2.24, 2.45) is 0 Å². The highest BCUT2D eigenvalue weighted by Gasteiger charge is 2.21. The number of anilines is 2. The van der Waals surface area contributed by atoms with E-state index in [2.05, 4.69) is 24.8 Å². The quantitative estimate of drug-likeness (QED) is 0.296. The van der Waals surface area contributed by atoms with E-state index in [1.165, 1.54) is 47.7 Å². The Labute approximate surface area is 241 Å². The van der Waals surface area contributed by atoms with Crippen molar-refractivity contribution in [1.29, 1.82) is 0 Å². The highest BCUT2D eigenvalue weighted by atomic mass is 35.5. The Bertz CT molecular complexity index is 1560. The summed E-state index contributed by atoms with van der Waals surface area (Å²) in [6, 6.07) is 17.2. The monoisotopic (exact) mass is 609 g/mol. The van der Waals surface area contributed by atoms with Crippen LogP contribution in [0, 0.1) is 5.82 Å². The number of para-hydroxylation sites is 1. The average Bonchev–Trinajstić information content (AvgIpc) is 3.35. The Balaban J connectivity index is 0.00000353. The molecule has 3 aromatic carbocycles. The number of rotatable bonds is 8. The Morgan fingerprint density at radius 3 is 2.46 bits per heavy atom. The van der Waals surface area contributed by atoms with Crippen LogP contribution in [0.15, 0.2) is 71.6 Å². The minimum atomic E-state index is -3.81. The van der Waals surface area contributed by atoms with Gasteiger partial charge in [-0.2, -0.15) is 0 Å². The predicted octanol–water partition coefficient (Wildman–Crippen LogP) is 4.86. The molecule has 8 nitrogen and oxygen atoms in total. The number of benzene rings is 3. The third-order valence-corrected chi connectivity index (χ3v) is 8.95. The molecular formula is C26H26Cl2FN5O3S2. The molecule has 1 amide bonds. The molecule has 1 aromatic heterocycles. The molecule has 4 aromatic rings. The van der Waals surface area contributed by atoms with Crippen molar-refractivity contribution in [3.05, 3.63) is 83.1 Å². The number of halogens is 3. The van der Waals surface area contributed by atoms with Gasteiger partial charge in [-0.3, -0.25) is 14.4 Å². The van der Waals surface area contributed by atoms with E-state index in [1.54, 1.807) is 24.3 Å². The number of carbonyl (C=O) groups excluding carboxylic acids is 1. The summed E-state index contributed by atoms with van der Waals surface area (Å²) in [5, 5.41) is 4.17. The smallest absolute Gasteiger partial charge is 0.261 e. The summed E-state index contributed by atoms with van der Waals surface area (Å²) in [6.07, 6.45) is 0. The SMILES string of the molecule is Cl.O=C(NCCN1CCN(c2nc3c(F)cccc3s2)CC1)c1cccc(NS(=O)(=O)c2ccc(Cl)cc2)c1. The third-order valence-electron chi connectivity index (χ3n) is 6.22. The van der Waals surface area contributed by atoms with Gasteiger partial charge in [0.25, 0.3) is 15.9 Å². The molecule has 0 atom stereocenters. The summed E-state index contributed by atoms with van der Waals surface area (Å²) in [5.74, 6) is -0.587. The van der Waals surface area contributed by atoms with E-state index < -0.39 is 10.0 Å².